The molecule has 0 fully saturated rings. The fourth-order valence-electron chi connectivity index (χ4n) is 4.01. The highest BCUT2D eigenvalue weighted by atomic mass is 32.1. The van der Waals surface area contributed by atoms with Crippen LogP contribution >= 0.6 is 11.3 Å². The molecule has 0 atom stereocenters. The summed E-state index contributed by atoms with van der Waals surface area (Å²) in [4.78, 5) is 28.7. The number of pyridine rings is 1. The number of nitrogens with zero attached hydrogens (tertiary/aromatic N) is 4. The van der Waals surface area contributed by atoms with E-state index < -0.39 is 0 Å². The van der Waals surface area contributed by atoms with Crippen LogP contribution < -0.4 is 5.32 Å². The van der Waals surface area contributed by atoms with E-state index >= 15 is 0 Å². The van der Waals surface area contributed by atoms with E-state index in [1.807, 2.05) is 53.8 Å². The summed E-state index contributed by atoms with van der Waals surface area (Å²) in [5.74, 6) is 0.219. The first-order valence-corrected chi connectivity index (χ1v) is 11.6. The number of aromatic nitrogens is 3. The average Bonchev–Trinajstić information content (AvgIpc) is 3.45. The van der Waals surface area contributed by atoms with Crippen molar-refractivity contribution in [1.82, 2.24) is 24.8 Å². The number of carbonyl (C=O) groups is 1. The van der Waals surface area contributed by atoms with Gasteiger partial charge in [0.25, 0.3) is 0 Å². The topological polar surface area (TPSA) is 77.2 Å². The van der Waals surface area contributed by atoms with E-state index in [1.165, 1.54) is 5.57 Å². The van der Waals surface area contributed by atoms with Gasteiger partial charge < -0.3 is 20.1 Å². The Bertz CT molecular complexity index is 1300. The molecule has 0 spiro atoms. The highest BCUT2D eigenvalue weighted by molar-refractivity contribution is 7.16. The highest BCUT2D eigenvalue weighted by Gasteiger charge is 2.19. The summed E-state index contributed by atoms with van der Waals surface area (Å²) in [5, 5.41) is 4.59. The molecule has 2 N–H and O–H groups in total. The van der Waals surface area contributed by atoms with Gasteiger partial charge in [-0.25, -0.2) is 9.97 Å². The minimum atomic E-state index is 0.219. The number of fused-ring (bicyclic) bond motifs is 2. The number of thiazole rings is 1. The van der Waals surface area contributed by atoms with Crippen LogP contribution in [0.25, 0.3) is 26.8 Å². The second kappa shape index (κ2) is 8.72. The van der Waals surface area contributed by atoms with E-state index in [2.05, 4.69) is 38.5 Å². The Labute approximate surface area is 190 Å². The smallest absolute Gasteiger partial charge is 0.224 e. The molecule has 0 saturated carbocycles. The van der Waals surface area contributed by atoms with Gasteiger partial charge in [-0.3, -0.25) is 4.79 Å². The molecule has 0 unspecified atom stereocenters. The Morgan fingerprint density at radius 1 is 1.25 bits per heavy atom. The number of benzene rings is 1. The molecule has 3 aromatic heterocycles. The zero-order chi connectivity index (χ0) is 22.1. The quantitative estimate of drug-likeness (QED) is 0.457. The van der Waals surface area contributed by atoms with Crippen molar-refractivity contribution in [1.29, 1.82) is 0 Å². The molecule has 1 aliphatic rings. The number of aromatic amines is 1. The standard InChI is InChI=1S/C24H26N6OS/c1-29(2)10-8-23(31)30-11-6-16(7-12-30)21-14-18-19(5-9-25-24(18)28-21)27-17-3-4-20-22(13-17)32-15-26-20/h3-6,9,13-15H,7-8,10-12H2,1-2H3,(H2,25,27,28). The minimum Gasteiger partial charge on any atom is -0.355 e. The number of H-pyrrole nitrogens is 1. The van der Waals surface area contributed by atoms with Gasteiger partial charge in [-0.1, -0.05) is 6.08 Å². The maximum atomic E-state index is 12.4. The number of anilines is 2. The zero-order valence-corrected chi connectivity index (χ0v) is 19.1. The molecule has 4 heterocycles. The second-order valence-electron chi connectivity index (χ2n) is 8.34. The fourth-order valence-corrected chi connectivity index (χ4v) is 4.73. The largest absolute Gasteiger partial charge is 0.355 e. The Hall–Kier alpha value is -3.23. The summed E-state index contributed by atoms with van der Waals surface area (Å²) in [6, 6.07) is 10.4. The van der Waals surface area contributed by atoms with Crippen molar-refractivity contribution in [2.24, 2.45) is 0 Å². The normalized spacial score (nSPS) is 14.3. The molecule has 0 aliphatic carbocycles. The highest BCUT2D eigenvalue weighted by Crippen LogP contribution is 2.31. The van der Waals surface area contributed by atoms with Gasteiger partial charge >= 0.3 is 0 Å². The molecule has 0 bridgehead atoms. The Morgan fingerprint density at radius 3 is 2.97 bits per heavy atom. The summed E-state index contributed by atoms with van der Waals surface area (Å²) in [5.41, 5.74) is 8.08. The maximum absolute atomic E-state index is 12.4. The molecule has 1 amide bonds. The molecule has 1 aromatic carbocycles. The van der Waals surface area contributed by atoms with Crippen LogP contribution in [0.2, 0.25) is 0 Å². The van der Waals surface area contributed by atoms with Gasteiger partial charge in [0.1, 0.15) is 5.65 Å². The summed E-state index contributed by atoms with van der Waals surface area (Å²) in [6.45, 7) is 2.19. The van der Waals surface area contributed by atoms with Crippen molar-refractivity contribution in [2.45, 2.75) is 12.8 Å². The van der Waals surface area contributed by atoms with Gasteiger partial charge in [0.15, 0.2) is 0 Å². The molecular formula is C24H26N6OS. The third-order valence-corrected chi connectivity index (χ3v) is 6.61. The fraction of sp³-hybridized carbons (Fsp3) is 0.292. The molecule has 0 saturated heterocycles. The summed E-state index contributed by atoms with van der Waals surface area (Å²) < 4.78 is 1.16. The second-order valence-corrected chi connectivity index (χ2v) is 9.22. The molecule has 8 heteroatoms. The van der Waals surface area contributed by atoms with Crippen LogP contribution in [0.15, 0.2) is 48.1 Å². The van der Waals surface area contributed by atoms with Crippen molar-refractivity contribution >= 4 is 55.4 Å². The van der Waals surface area contributed by atoms with Gasteiger partial charge in [-0.05, 0) is 56.4 Å². The Morgan fingerprint density at radius 2 is 2.16 bits per heavy atom. The first-order chi connectivity index (χ1) is 15.6. The molecule has 7 nitrogen and oxygen atoms in total. The van der Waals surface area contributed by atoms with Crippen LogP contribution in [-0.2, 0) is 4.79 Å². The van der Waals surface area contributed by atoms with Crippen molar-refractivity contribution in [2.75, 3.05) is 39.0 Å². The van der Waals surface area contributed by atoms with E-state index in [4.69, 9.17) is 0 Å². The van der Waals surface area contributed by atoms with Crippen molar-refractivity contribution in [3.63, 3.8) is 0 Å². The minimum absolute atomic E-state index is 0.219. The molecule has 32 heavy (non-hydrogen) atoms. The maximum Gasteiger partial charge on any atom is 0.224 e. The van der Waals surface area contributed by atoms with Gasteiger partial charge in [0.05, 0.1) is 21.4 Å². The summed E-state index contributed by atoms with van der Waals surface area (Å²) in [7, 11) is 3.98. The number of rotatable bonds is 6. The van der Waals surface area contributed by atoms with Crippen LogP contribution in [0, 0.1) is 0 Å². The van der Waals surface area contributed by atoms with Crippen LogP contribution in [0.4, 0.5) is 11.4 Å². The molecule has 5 rings (SSSR count). The predicted molar refractivity (Wildman–Crippen MR) is 131 cm³/mol. The third kappa shape index (κ3) is 4.24. The summed E-state index contributed by atoms with van der Waals surface area (Å²) in [6.07, 6.45) is 5.38. The first kappa shape index (κ1) is 20.7. The lowest BCUT2D eigenvalue weighted by Gasteiger charge is -2.26. The third-order valence-electron chi connectivity index (χ3n) is 5.82. The van der Waals surface area contributed by atoms with Crippen LogP contribution in [0.3, 0.4) is 0 Å². The average molecular weight is 447 g/mol. The van der Waals surface area contributed by atoms with Crippen molar-refractivity contribution < 1.29 is 4.79 Å². The number of hydrogen-bond acceptors (Lipinski definition) is 6. The first-order valence-electron chi connectivity index (χ1n) is 10.8. The molecule has 164 valence electrons. The van der Waals surface area contributed by atoms with E-state index in [1.54, 1.807) is 11.3 Å². The summed E-state index contributed by atoms with van der Waals surface area (Å²) >= 11 is 1.64. The molecule has 0 radical (unpaired) electrons. The van der Waals surface area contributed by atoms with E-state index in [9.17, 15) is 4.79 Å². The number of carbonyl (C=O) groups excluding carboxylic acids is 1. The van der Waals surface area contributed by atoms with Crippen LogP contribution in [-0.4, -0.2) is 64.4 Å². The van der Waals surface area contributed by atoms with Crippen LogP contribution in [0.5, 0.6) is 0 Å². The lowest BCUT2D eigenvalue weighted by Crippen LogP contribution is -2.36. The number of hydrogen-bond donors (Lipinski definition) is 2. The lowest BCUT2D eigenvalue weighted by molar-refractivity contribution is -0.131. The van der Waals surface area contributed by atoms with E-state index in [0.717, 1.165) is 57.8 Å². The van der Waals surface area contributed by atoms with E-state index in [-0.39, 0.29) is 5.91 Å². The Kier molecular flexibility index (Phi) is 5.63. The van der Waals surface area contributed by atoms with E-state index in [0.29, 0.717) is 13.0 Å². The lowest BCUT2D eigenvalue weighted by atomic mass is 10.0. The molecule has 4 aromatic rings. The van der Waals surface area contributed by atoms with Gasteiger partial charge in [-0.2, -0.15) is 0 Å². The monoisotopic (exact) mass is 446 g/mol. The number of nitrogens with one attached hydrogen (secondary N) is 2. The number of amides is 1. The van der Waals surface area contributed by atoms with Crippen LogP contribution in [0.1, 0.15) is 18.5 Å². The SMILES string of the molecule is CN(C)CCC(=O)N1CC=C(c2cc3c(Nc4ccc5ncsc5c4)ccnc3[nH]2)CC1. The van der Waals surface area contributed by atoms with Crippen molar-refractivity contribution in [3.8, 4) is 0 Å². The molecular weight excluding hydrogens is 420 g/mol. The van der Waals surface area contributed by atoms with Gasteiger partial charge in [0.2, 0.25) is 5.91 Å². The molecule has 1 aliphatic heterocycles. The predicted octanol–water partition coefficient (Wildman–Crippen LogP) is 4.48. The zero-order valence-electron chi connectivity index (χ0n) is 18.3. The van der Waals surface area contributed by atoms with Crippen molar-refractivity contribution in [3.05, 3.63) is 53.8 Å². The van der Waals surface area contributed by atoms with Gasteiger partial charge in [0, 0.05) is 49.0 Å². The van der Waals surface area contributed by atoms with Gasteiger partial charge in [-0.15, -0.1) is 11.3 Å². The Balaban J connectivity index is 1.34.